The van der Waals surface area contributed by atoms with Crippen molar-refractivity contribution in [2.75, 3.05) is 0 Å². The average molecular weight is 446 g/mol. The molecule has 0 heterocycles. The number of hydrogen-bond donors (Lipinski definition) is 1. The smallest absolute Gasteiger partial charge is 0.460 e. The van der Waals surface area contributed by atoms with Crippen molar-refractivity contribution in [3.05, 3.63) is 0 Å². The molecule has 1 N–H and O–H groups in total. The first-order valence-corrected chi connectivity index (χ1v) is 6.37. The molecule has 0 saturated carbocycles. The molecular formula is C9H8F9IO2. The van der Waals surface area contributed by atoms with Gasteiger partial charge in [-0.05, 0) is 6.42 Å². The normalized spacial score (nSPS) is 15.9. The van der Waals surface area contributed by atoms with Gasteiger partial charge in [-0.25, -0.2) is 0 Å². The van der Waals surface area contributed by atoms with Gasteiger partial charge in [0.05, 0.1) is 0 Å². The van der Waals surface area contributed by atoms with Gasteiger partial charge < -0.3 is 5.11 Å². The Morgan fingerprint density at radius 2 is 1.38 bits per heavy atom. The first-order chi connectivity index (χ1) is 9.06. The van der Waals surface area contributed by atoms with Gasteiger partial charge in [-0.2, -0.15) is 39.5 Å². The number of carboxylic acids is 1. The van der Waals surface area contributed by atoms with E-state index in [0.29, 0.717) is 0 Å². The van der Waals surface area contributed by atoms with E-state index in [1.54, 1.807) is 0 Å². The largest absolute Gasteiger partial charge is 0.481 e. The number of carboxylic acid groups (broad SMARTS) is 1. The topological polar surface area (TPSA) is 37.3 Å². The van der Waals surface area contributed by atoms with E-state index in [9.17, 15) is 44.3 Å². The van der Waals surface area contributed by atoms with Gasteiger partial charge in [-0.1, -0.05) is 22.6 Å². The number of aliphatic carboxylic acids is 1. The highest BCUT2D eigenvalue weighted by Crippen LogP contribution is 2.54. The van der Waals surface area contributed by atoms with Gasteiger partial charge in [0.25, 0.3) is 0 Å². The molecule has 1 unspecified atom stereocenters. The Morgan fingerprint density at radius 1 is 0.952 bits per heavy atom. The molecule has 0 amide bonds. The van der Waals surface area contributed by atoms with Crippen LogP contribution in [-0.2, 0) is 4.79 Å². The summed E-state index contributed by atoms with van der Waals surface area (Å²) >= 11 is 1.09. The highest BCUT2D eigenvalue weighted by molar-refractivity contribution is 14.1. The average Bonchev–Trinajstić information content (AvgIpc) is 2.23. The van der Waals surface area contributed by atoms with Crippen molar-refractivity contribution in [3.8, 4) is 0 Å². The molecule has 126 valence electrons. The first kappa shape index (κ1) is 20.6. The van der Waals surface area contributed by atoms with Crippen molar-refractivity contribution in [2.24, 2.45) is 0 Å². The summed E-state index contributed by atoms with van der Waals surface area (Å²) in [7, 11) is 0. The van der Waals surface area contributed by atoms with E-state index in [1.807, 2.05) is 0 Å². The first-order valence-electron chi connectivity index (χ1n) is 5.12. The summed E-state index contributed by atoms with van der Waals surface area (Å²) < 4.78 is 111. The van der Waals surface area contributed by atoms with Crippen molar-refractivity contribution in [1.29, 1.82) is 0 Å². The zero-order chi connectivity index (χ0) is 17.3. The molecule has 1 atom stereocenters. The van der Waals surface area contributed by atoms with Crippen LogP contribution in [0.2, 0.25) is 0 Å². The Labute approximate surface area is 125 Å². The van der Waals surface area contributed by atoms with E-state index >= 15 is 0 Å². The van der Waals surface area contributed by atoms with Crippen LogP contribution in [-0.4, -0.2) is 38.9 Å². The molecule has 21 heavy (non-hydrogen) atoms. The maximum atomic E-state index is 13.1. The fraction of sp³-hybridized carbons (Fsp3) is 0.889. The lowest BCUT2D eigenvalue weighted by molar-refractivity contribution is -0.396. The van der Waals surface area contributed by atoms with E-state index in [2.05, 4.69) is 0 Å². The molecule has 0 spiro atoms. The standard InChI is InChI=1S/C9H8F9IO2/c10-6(11,3-4(19)1-2-5(20)21)7(12,13)8(14,15)9(16,17)18/h4H,1-3H2,(H,20,21). The third-order valence-electron chi connectivity index (χ3n) is 2.36. The predicted molar refractivity (Wildman–Crippen MR) is 60.2 cm³/mol. The third kappa shape index (κ3) is 4.52. The minimum Gasteiger partial charge on any atom is -0.481 e. The molecule has 0 aromatic carbocycles. The van der Waals surface area contributed by atoms with Crippen LogP contribution in [0.1, 0.15) is 19.3 Å². The van der Waals surface area contributed by atoms with E-state index in [1.165, 1.54) is 0 Å². The van der Waals surface area contributed by atoms with Gasteiger partial charge in [-0.3, -0.25) is 4.79 Å². The van der Waals surface area contributed by atoms with E-state index in [0.717, 1.165) is 22.6 Å². The number of halogens is 10. The van der Waals surface area contributed by atoms with Crippen LogP contribution in [0.5, 0.6) is 0 Å². The van der Waals surface area contributed by atoms with Crippen molar-refractivity contribution >= 4 is 28.6 Å². The fourth-order valence-corrected chi connectivity index (χ4v) is 2.06. The van der Waals surface area contributed by atoms with Gasteiger partial charge in [0, 0.05) is 16.8 Å². The summed E-state index contributed by atoms with van der Waals surface area (Å²) in [6.45, 7) is 0. The minimum atomic E-state index is -6.91. The number of alkyl halides is 10. The predicted octanol–water partition coefficient (Wildman–Crippen LogP) is 4.51. The Kier molecular flexibility index (Phi) is 6.23. The second kappa shape index (κ2) is 6.36. The Hall–Kier alpha value is -0.430. The minimum absolute atomic E-state index is 0.584. The summed E-state index contributed by atoms with van der Waals surface area (Å²) in [6, 6.07) is 0. The van der Waals surface area contributed by atoms with Crippen LogP contribution in [0, 0.1) is 0 Å². The Morgan fingerprint density at radius 3 is 1.71 bits per heavy atom. The lowest BCUT2D eigenvalue weighted by Gasteiger charge is -2.34. The second-order valence-corrected chi connectivity index (χ2v) is 5.85. The molecule has 0 rings (SSSR count). The van der Waals surface area contributed by atoms with Gasteiger partial charge in [0.1, 0.15) is 0 Å². The molecule has 0 radical (unpaired) electrons. The van der Waals surface area contributed by atoms with Gasteiger partial charge in [-0.15, -0.1) is 0 Å². The van der Waals surface area contributed by atoms with Crippen molar-refractivity contribution < 1.29 is 49.4 Å². The summed E-state index contributed by atoms with van der Waals surface area (Å²) in [5, 5.41) is 8.25. The molecule has 0 aliphatic rings. The number of hydrogen-bond acceptors (Lipinski definition) is 1. The van der Waals surface area contributed by atoms with E-state index < -0.39 is 53.1 Å². The zero-order valence-electron chi connectivity index (χ0n) is 9.83. The third-order valence-corrected chi connectivity index (χ3v) is 3.42. The Balaban J connectivity index is 5.16. The van der Waals surface area contributed by atoms with Crippen LogP contribution in [0.4, 0.5) is 39.5 Å². The molecule has 0 aromatic rings. The molecule has 2 nitrogen and oxygen atoms in total. The van der Waals surface area contributed by atoms with Crippen molar-refractivity contribution in [2.45, 2.75) is 47.1 Å². The molecule has 0 aliphatic heterocycles. The van der Waals surface area contributed by atoms with Gasteiger partial charge in [0.2, 0.25) is 0 Å². The molecule has 12 heteroatoms. The molecule has 0 fully saturated rings. The molecule has 0 aliphatic carbocycles. The van der Waals surface area contributed by atoms with Gasteiger partial charge >= 0.3 is 29.9 Å². The van der Waals surface area contributed by atoms with Crippen LogP contribution in [0.15, 0.2) is 0 Å². The quantitative estimate of drug-likeness (QED) is 0.355. The molecule has 0 saturated heterocycles. The Bertz CT molecular complexity index is 380. The number of carbonyl (C=O) groups is 1. The lowest BCUT2D eigenvalue weighted by Crippen LogP contribution is -2.61. The molecule has 0 bridgehead atoms. The SMILES string of the molecule is O=C(O)CCC(I)CC(F)(F)C(F)(F)C(F)(F)C(F)(F)F. The highest BCUT2D eigenvalue weighted by atomic mass is 127. The van der Waals surface area contributed by atoms with E-state index in [4.69, 9.17) is 5.11 Å². The highest BCUT2D eigenvalue weighted by Gasteiger charge is 2.81. The molecular weight excluding hydrogens is 438 g/mol. The van der Waals surface area contributed by atoms with Crippen LogP contribution < -0.4 is 0 Å². The summed E-state index contributed by atoms with van der Waals surface area (Å²) in [4.78, 5) is 10.1. The van der Waals surface area contributed by atoms with Crippen LogP contribution in [0.3, 0.4) is 0 Å². The monoisotopic (exact) mass is 446 g/mol. The maximum Gasteiger partial charge on any atom is 0.460 e. The zero-order valence-corrected chi connectivity index (χ0v) is 12.0. The fourth-order valence-electron chi connectivity index (χ4n) is 1.20. The van der Waals surface area contributed by atoms with E-state index in [-0.39, 0.29) is 0 Å². The van der Waals surface area contributed by atoms with Crippen LogP contribution in [0.25, 0.3) is 0 Å². The summed E-state index contributed by atoms with van der Waals surface area (Å²) in [5.41, 5.74) is 0. The maximum absolute atomic E-state index is 13.1. The molecule has 0 aromatic heterocycles. The number of rotatable bonds is 7. The van der Waals surface area contributed by atoms with Crippen molar-refractivity contribution in [1.82, 2.24) is 0 Å². The summed E-state index contributed by atoms with van der Waals surface area (Å²) in [6.07, 6.45) is -10.2. The van der Waals surface area contributed by atoms with Gasteiger partial charge in [0.15, 0.2) is 0 Å². The lowest BCUT2D eigenvalue weighted by atomic mass is 9.98. The van der Waals surface area contributed by atoms with Crippen LogP contribution >= 0.6 is 22.6 Å². The second-order valence-electron chi connectivity index (χ2n) is 4.08. The summed E-state index contributed by atoms with van der Waals surface area (Å²) in [5.74, 6) is -20.7. The van der Waals surface area contributed by atoms with Crippen molar-refractivity contribution in [3.63, 3.8) is 0 Å².